The van der Waals surface area contributed by atoms with Crippen molar-refractivity contribution in [1.29, 1.82) is 0 Å². The Kier molecular flexibility index (Phi) is 8.20. The van der Waals surface area contributed by atoms with Gasteiger partial charge in [0.15, 0.2) is 5.78 Å². The van der Waals surface area contributed by atoms with Gasteiger partial charge >= 0.3 is 0 Å². The van der Waals surface area contributed by atoms with Crippen LogP contribution in [0, 0.1) is 0 Å². The molecule has 3 aromatic carbocycles. The number of carbonyl (C=O) groups excluding carboxylic acids is 1. The third-order valence-electron chi connectivity index (χ3n) is 6.49. The number of piperidine rings is 1. The number of likely N-dealkylation sites (tertiary alicyclic amines) is 1. The van der Waals surface area contributed by atoms with Crippen LogP contribution in [0.1, 0.15) is 22.4 Å². The van der Waals surface area contributed by atoms with Crippen LogP contribution in [-0.4, -0.2) is 53.0 Å². The summed E-state index contributed by atoms with van der Waals surface area (Å²) in [6, 6.07) is 23.1. The lowest BCUT2D eigenvalue weighted by Gasteiger charge is -2.29. The van der Waals surface area contributed by atoms with Gasteiger partial charge in [-0.25, -0.2) is 4.68 Å². The summed E-state index contributed by atoms with van der Waals surface area (Å²) in [6.45, 7) is 2.15. The molecule has 0 aliphatic carbocycles. The Bertz CT molecular complexity index is 1440. The number of Topliss-reactive ketones (excluding diaryl/α,β-unsaturated/α-hetero) is 1. The minimum atomic E-state index is 0.0440. The van der Waals surface area contributed by atoms with E-state index in [9.17, 15) is 4.79 Å². The minimum absolute atomic E-state index is 0.0440. The molecular weight excluding hydrogens is 512 g/mol. The van der Waals surface area contributed by atoms with Gasteiger partial charge in [-0.3, -0.25) is 9.69 Å². The van der Waals surface area contributed by atoms with Gasteiger partial charge < -0.3 is 9.47 Å². The first-order valence-corrected chi connectivity index (χ1v) is 13.0. The maximum atomic E-state index is 13.6. The number of nitrogens with zero attached hydrogens (tertiary/aromatic N) is 4. The second-order valence-electron chi connectivity index (χ2n) is 9.40. The molecule has 0 N–H and O–H groups in total. The van der Waals surface area contributed by atoms with Gasteiger partial charge in [-0.15, -0.1) is 5.10 Å². The van der Waals surface area contributed by atoms with Crippen molar-refractivity contribution in [2.75, 3.05) is 27.3 Å². The van der Waals surface area contributed by atoms with Gasteiger partial charge in [0.25, 0.3) is 0 Å². The van der Waals surface area contributed by atoms with Crippen LogP contribution >= 0.6 is 11.6 Å². The summed E-state index contributed by atoms with van der Waals surface area (Å²) in [6.07, 6.45) is 5.84. The fourth-order valence-corrected chi connectivity index (χ4v) is 4.78. The fraction of sp³-hybridized carbons (Fsp3) is 0.194. The van der Waals surface area contributed by atoms with Gasteiger partial charge in [-0.1, -0.05) is 53.2 Å². The van der Waals surface area contributed by atoms with Crippen molar-refractivity contribution in [2.45, 2.75) is 13.1 Å². The number of methoxy groups -OCH3 is 2. The summed E-state index contributed by atoms with van der Waals surface area (Å²) in [5.74, 6) is 1.59. The highest BCUT2D eigenvalue weighted by molar-refractivity contribution is 6.30. The first-order chi connectivity index (χ1) is 19.0. The Morgan fingerprint density at radius 1 is 0.846 bits per heavy atom. The van der Waals surface area contributed by atoms with Crippen LogP contribution in [0.3, 0.4) is 0 Å². The van der Waals surface area contributed by atoms with E-state index < -0.39 is 0 Å². The summed E-state index contributed by atoms with van der Waals surface area (Å²) in [5.41, 5.74) is 5.21. The van der Waals surface area contributed by atoms with Crippen molar-refractivity contribution in [1.82, 2.24) is 19.9 Å². The van der Waals surface area contributed by atoms with E-state index >= 15 is 0 Å². The fourth-order valence-electron chi connectivity index (χ4n) is 4.56. The molecule has 0 unspecified atom stereocenters. The minimum Gasteiger partial charge on any atom is -0.497 e. The molecular formula is C31H29ClN4O3. The summed E-state index contributed by atoms with van der Waals surface area (Å²) in [5, 5.41) is 9.39. The van der Waals surface area contributed by atoms with E-state index in [1.807, 2.05) is 91.1 Å². The molecule has 1 aromatic heterocycles. The summed E-state index contributed by atoms with van der Waals surface area (Å²) in [7, 11) is 3.27. The van der Waals surface area contributed by atoms with Crippen LogP contribution in [0.4, 0.5) is 0 Å². The average Bonchev–Trinajstić information content (AvgIpc) is 3.38. The number of carbonyl (C=O) groups is 1. The molecule has 0 atom stereocenters. The molecule has 2 heterocycles. The number of aromatic nitrogens is 3. The molecule has 0 saturated carbocycles. The number of halogens is 1. The van der Waals surface area contributed by atoms with Crippen molar-refractivity contribution in [3.63, 3.8) is 0 Å². The highest BCUT2D eigenvalue weighted by atomic mass is 35.5. The molecule has 1 fully saturated rings. The number of hydrogen-bond acceptors (Lipinski definition) is 6. The summed E-state index contributed by atoms with van der Waals surface area (Å²) >= 11 is 6.13. The molecule has 7 nitrogen and oxygen atoms in total. The van der Waals surface area contributed by atoms with Gasteiger partial charge in [0.05, 0.1) is 32.7 Å². The number of benzene rings is 3. The second-order valence-corrected chi connectivity index (χ2v) is 9.83. The molecule has 0 amide bonds. The van der Waals surface area contributed by atoms with E-state index in [-0.39, 0.29) is 5.78 Å². The van der Waals surface area contributed by atoms with Crippen LogP contribution in [0.25, 0.3) is 12.2 Å². The standard InChI is InChI=1S/C31H29ClN4O3/c1-38-29-10-6-22(7-11-29)14-25-18-35(19-26(31(25)37)15-23-8-12-30(39-2)13-9-23)20-28-21-36(34-33-28)17-24-4-3-5-27(32)16-24/h3-16,21H,17-20H2,1-2H3/b25-14+,26-15+. The van der Waals surface area contributed by atoms with Crippen LogP contribution in [0.15, 0.2) is 90.1 Å². The highest BCUT2D eigenvalue weighted by Crippen LogP contribution is 2.25. The zero-order valence-corrected chi connectivity index (χ0v) is 22.6. The quantitative estimate of drug-likeness (QED) is 0.273. The van der Waals surface area contributed by atoms with E-state index in [1.54, 1.807) is 18.9 Å². The van der Waals surface area contributed by atoms with Crippen molar-refractivity contribution in [3.8, 4) is 11.5 Å². The lowest BCUT2D eigenvalue weighted by Crippen LogP contribution is -2.37. The molecule has 1 aliphatic heterocycles. The predicted octanol–water partition coefficient (Wildman–Crippen LogP) is 5.55. The van der Waals surface area contributed by atoms with Crippen LogP contribution in [0.5, 0.6) is 11.5 Å². The maximum absolute atomic E-state index is 13.6. The molecule has 39 heavy (non-hydrogen) atoms. The molecule has 0 spiro atoms. The highest BCUT2D eigenvalue weighted by Gasteiger charge is 2.27. The van der Waals surface area contributed by atoms with Crippen molar-refractivity contribution < 1.29 is 14.3 Å². The van der Waals surface area contributed by atoms with E-state index in [0.717, 1.165) is 45.0 Å². The first-order valence-electron chi connectivity index (χ1n) is 12.6. The predicted molar refractivity (Wildman–Crippen MR) is 153 cm³/mol. The van der Waals surface area contributed by atoms with Gasteiger partial charge in [-0.2, -0.15) is 0 Å². The van der Waals surface area contributed by atoms with Crippen molar-refractivity contribution >= 4 is 29.5 Å². The Hall–Kier alpha value is -4.20. The lowest BCUT2D eigenvalue weighted by molar-refractivity contribution is -0.113. The summed E-state index contributed by atoms with van der Waals surface area (Å²) < 4.78 is 12.4. The molecule has 1 saturated heterocycles. The van der Waals surface area contributed by atoms with Gasteiger partial charge in [-0.05, 0) is 65.2 Å². The van der Waals surface area contributed by atoms with E-state index in [0.29, 0.717) is 31.2 Å². The molecule has 4 aromatic rings. The van der Waals surface area contributed by atoms with Crippen molar-refractivity contribution in [3.05, 3.63) is 118 Å². The van der Waals surface area contributed by atoms with Crippen LogP contribution in [-0.2, 0) is 17.9 Å². The monoisotopic (exact) mass is 540 g/mol. The molecule has 0 radical (unpaired) electrons. The van der Waals surface area contributed by atoms with E-state index in [2.05, 4.69) is 15.2 Å². The molecule has 8 heteroatoms. The molecule has 1 aliphatic rings. The zero-order valence-electron chi connectivity index (χ0n) is 21.9. The molecule has 5 rings (SSSR count). The Balaban J connectivity index is 1.39. The zero-order chi connectivity index (χ0) is 27.2. The Morgan fingerprint density at radius 2 is 1.44 bits per heavy atom. The first kappa shape index (κ1) is 26.4. The molecule has 0 bridgehead atoms. The largest absolute Gasteiger partial charge is 0.497 e. The van der Waals surface area contributed by atoms with Crippen molar-refractivity contribution in [2.24, 2.45) is 0 Å². The summed E-state index contributed by atoms with van der Waals surface area (Å²) in [4.78, 5) is 15.8. The van der Waals surface area contributed by atoms with Gasteiger partial charge in [0.1, 0.15) is 11.5 Å². The SMILES string of the molecule is COc1ccc(/C=C2\CN(Cc3cn(Cc4cccc(Cl)c4)nn3)C/C(=C\c3ccc(OC)cc3)C2=O)cc1. The number of ketones is 1. The van der Waals surface area contributed by atoms with Crippen LogP contribution in [0.2, 0.25) is 5.02 Å². The topological polar surface area (TPSA) is 69.5 Å². The molecule has 198 valence electrons. The maximum Gasteiger partial charge on any atom is 0.187 e. The number of ether oxygens (including phenoxy) is 2. The number of hydrogen-bond donors (Lipinski definition) is 0. The third-order valence-corrected chi connectivity index (χ3v) is 6.73. The van der Waals surface area contributed by atoms with E-state index in [1.165, 1.54) is 0 Å². The Labute approximate surface area is 232 Å². The Morgan fingerprint density at radius 3 is 1.97 bits per heavy atom. The van der Waals surface area contributed by atoms with Gasteiger partial charge in [0.2, 0.25) is 0 Å². The average molecular weight is 541 g/mol. The van der Waals surface area contributed by atoms with Gasteiger partial charge in [0, 0.05) is 35.8 Å². The number of rotatable bonds is 8. The third kappa shape index (κ3) is 6.82. The van der Waals surface area contributed by atoms with E-state index in [4.69, 9.17) is 21.1 Å². The smallest absolute Gasteiger partial charge is 0.187 e. The second kappa shape index (κ2) is 12.1. The van der Waals surface area contributed by atoms with Crippen LogP contribution < -0.4 is 9.47 Å². The normalized spacial score (nSPS) is 16.1. The lowest BCUT2D eigenvalue weighted by atomic mass is 9.94.